The van der Waals surface area contributed by atoms with Gasteiger partial charge in [0.2, 0.25) is 0 Å². The van der Waals surface area contributed by atoms with Crippen molar-refractivity contribution in [1.29, 1.82) is 0 Å². The van der Waals surface area contributed by atoms with Crippen molar-refractivity contribution < 1.29 is 10.2 Å². The van der Waals surface area contributed by atoms with Gasteiger partial charge in [-0.2, -0.15) is 0 Å². The Labute approximate surface area is 239 Å². The Morgan fingerprint density at radius 3 is 0.952 bits per heavy atom. The monoisotopic (exact) mass is 534 g/mol. The molecule has 0 fully saturated rings. The lowest BCUT2D eigenvalue weighted by molar-refractivity contribution is 0.471. The summed E-state index contributed by atoms with van der Waals surface area (Å²) in [5.74, 6) is 0.334. The number of benzene rings is 10. The zero-order valence-electron chi connectivity index (χ0n) is 22.4. The molecular formula is C40H22O2. The zero-order valence-corrected chi connectivity index (χ0v) is 22.4. The van der Waals surface area contributed by atoms with Crippen LogP contribution in [0.5, 0.6) is 11.5 Å². The van der Waals surface area contributed by atoms with Crippen molar-refractivity contribution in [3.05, 3.63) is 121 Å². The molecule has 2 heteroatoms. The van der Waals surface area contributed by atoms with Crippen molar-refractivity contribution in [3.63, 3.8) is 0 Å². The molecule has 0 aromatic heterocycles. The van der Waals surface area contributed by atoms with E-state index < -0.39 is 0 Å². The lowest BCUT2D eigenvalue weighted by Gasteiger charge is -2.21. The predicted octanol–water partition coefficient (Wildman–Crippen LogP) is 10.9. The van der Waals surface area contributed by atoms with Crippen molar-refractivity contribution in [2.24, 2.45) is 0 Å². The lowest BCUT2D eigenvalue weighted by atomic mass is 9.83. The van der Waals surface area contributed by atoms with Crippen LogP contribution in [0.3, 0.4) is 0 Å². The molecule has 2 N–H and O–H groups in total. The maximum atomic E-state index is 11.9. The minimum absolute atomic E-state index is 0.167. The largest absolute Gasteiger partial charge is 0.507 e. The highest BCUT2D eigenvalue weighted by atomic mass is 16.3. The van der Waals surface area contributed by atoms with Crippen molar-refractivity contribution >= 4 is 86.2 Å². The van der Waals surface area contributed by atoms with Crippen LogP contribution in [0.15, 0.2) is 121 Å². The van der Waals surface area contributed by atoms with E-state index in [1.165, 1.54) is 32.3 Å². The molecule has 10 rings (SSSR count). The van der Waals surface area contributed by atoms with Crippen molar-refractivity contribution in [1.82, 2.24) is 0 Å². The summed E-state index contributed by atoms with van der Waals surface area (Å²) in [6.07, 6.45) is 0. The lowest BCUT2D eigenvalue weighted by Crippen LogP contribution is -1.93. The summed E-state index contributed by atoms with van der Waals surface area (Å²) in [5.41, 5.74) is 1.33. The van der Waals surface area contributed by atoms with Gasteiger partial charge in [-0.1, -0.05) is 109 Å². The number of hydrogen-bond acceptors (Lipinski definition) is 2. The van der Waals surface area contributed by atoms with Crippen LogP contribution in [0.1, 0.15) is 0 Å². The van der Waals surface area contributed by atoms with Crippen LogP contribution in [0.2, 0.25) is 0 Å². The Kier molecular flexibility index (Phi) is 3.99. The van der Waals surface area contributed by atoms with E-state index in [2.05, 4.69) is 109 Å². The second-order valence-corrected chi connectivity index (χ2v) is 11.5. The molecule has 0 aliphatic rings. The van der Waals surface area contributed by atoms with Gasteiger partial charge in [-0.15, -0.1) is 0 Å². The normalized spacial score (nSPS) is 12.5. The number of phenols is 2. The number of phenolic OH excluding ortho intramolecular Hbond substituents is 2. The first kappa shape index (κ1) is 22.1. The number of aromatic hydroxyl groups is 2. The van der Waals surface area contributed by atoms with Crippen molar-refractivity contribution in [3.8, 4) is 22.6 Å². The van der Waals surface area contributed by atoms with Gasteiger partial charge in [0.05, 0.1) is 0 Å². The molecule has 0 radical (unpaired) electrons. The molecule has 2 nitrogen and oxygen atoms in total. The summed E-state index contributed by atoms with van der Waals surface area (Å²) in [6, 6.07) is 42.1. The molecule has 0 aliphatic carbocycles. The molecule has 0 saturated carbocycles. The molecule has 0 saturated heterocycles. The van der Waals surface area contributed by atoms with E-state index in [9.17, 15) is 10.2 Å². The number of rotatable bonds is 1. The third kappa shape index (κ3) is 2.56. The minimum Gasteiger partial charge on any atom is -0.507 e. The van der Waals surface area contributed by atoms with E-state index in [0.717, 1.165) is 53.9 Å². The Bertz CT molecular complexity index is 2550. The van der Waals surface area contributed by atoms with Crippen LogP contribution in [-0.2, 0) is 0 Å². The third-order valence-electron chi connectivity index (χ3n) is 9.50. The highest BCUT2D eigenvalue weighted by Crippen LogP contribution is 2.52. The fourth-order valence-electron chi connectivity index (χ4n) is 7.92. The molecule has 194 valence electrons. The molecule has 0 amide bonds. The summed E-state index contributed by atoms with van der Waals surface area (Å²) < 4.78 is 0. The first-order valence-electron chi connectivity index (χ1n) is 14.3. The SMILES string of the molecule is Oc1cc2c3cccc4cccc(c5cccc(c1-c1c(O)cc6c7cccc8cccc(c9cccc1c96)c87)c52)c43. The highest BCUT2D eigenvalue weighted by Gasteiger charge is 2.24. The maximum Gasteiger partial charge on any atom is 0.124 e. The van der Waals surface area contributed by atoms with E-state index in [4.69, 9.17) is 0 Å². The molecule has 42 heavy (non-hydrogen) atoms. The fraction of sp³-hybridized carbons (Fsp3) is 0. The fourth-order valence-corrected chi connectivity index (χ4v) is 7.92. The smallest absolute Gasteiger partial charge is 0.124 e. The van der Waals surface area contributed by atoms with E-state index in [1.807, 2.05) is 12.1 Å². The van der Waals surface area contributed by atoms with E-state index in [0.29, 0.717) is 11.1 Å². The molecule has 0 atom stereocenters. The van der Waals surface area contributed by atoms with Gasteiger partial charge in [0, 0.05) is 11.1 Å². The quantitative estimate of drug-likeness (QED) is 0.162. The van der Waals surface area contributed by atoms with Crippen LogP contribution in [0.4, 0.5) is 0 Å². The molecule has 0 bridgehead atoms. The Hall–Kier alpha value is -5.60. The Morgan fingerprint density at radius 2 is 0.571 bits per heavy atom. The highest BCUT2D eigenvalue weighted by molar-refractivity contribution is 6.37. The molecule has 0 spiro atoms. The molecular weight excluding hydrogens is 512 g/mol. The minimum atomic E-state index is 0.167. The summed E-state index contributed by atoms with van der Waals surface area (Å²) in [7, 11) is 0. The van der Waals surface area contributed by atoms with Gasteiger partial charge in [-0.05, 0) is 98.3 Å². The van der Waals surface area contributed by atoms with Gasteiger partial charge in [-0.25, -0.2) is 0 Å². The second kappa shape index (κ2) is 7.57. The van der Waals surface area contributed by atoms with Crippen LogP contribution < -0.4 is 0 Å². The number of fused-ring (bicyclic) bond motifs is 4. The van der Waals surface area contributed by atoms with Gasteiger partial charge < -0.3 is 10.2 Å². The van der Waals surface area contributed by atoms with Crippen molar-refractivity contribution in [2.75, 3.05) is 0 Å². The number of hydrogen-bond donors (Lipinski definition) is 2. The predicted molar refractivity (Wildman–Crippen MR) is 178 cm³/mol. The van der Waals surface area contributed by atoms with Crippen LogP contribution in [-0.4, -0.2) is 10.2 Å². The molecule has 0 heterocycles. The second-order valence-electron chi connectivity index (χ2n) is 11.5. The first-order valence-corrected chi connectivity index (χ1v) is 14.3. The Balaban J connectivity index is 1.43. The van der Waals surface area contributed by atoms with Gasteiger partial charge in [0.1, 0.15) is 11.5 Å². The van der Waals surface area contributed by atoms with E-state index >= 15 is 0 Å². The third-order valence-corrected chi connectivity index (χ3v) is 9.50. The van der Waals surface area contributed by atoms with Gasteiger partial charge >= 0.3 is 0 Å². The van der Waals surface area contributed by atoms with Crippen LogP contribution in [0.25, 0.3) is 97.3 Å². The molecule has 10 aromatic rings. The molecule has 10 aromatic carbocycles. The van der Waals surface area contributed by atoms with Gasteiger partial charge in [-0.3, -0.25) is 0 Å². The standard InChI is InChI=1S/C40H22O2/c41-33-19-31-27-13-3-9-21-7-1-11-23(35(21)27)25-15-5-17-29(37(25)31)39(33)40-30-18-6-16-26-24-12-2-8-22-10-4-14-28(36(22)24)32(38(26)30)20-34(40)42/h1-20,41-42H. The molecule has 0 aliphatic heterocycles. The summed E-state index contributed by atoms with van der Waals surface area (Å²) >= 11 is 0. The van der Waals surface area contributed by atoms with Crippen LogP contribution in [0, 0.1) is 0 Å². The van der Waals surface area contributed by atoms with E-state index in [1.54, 1.807) is 0 Å². The Morgan fingerprint density at radius 1 is 0.286 bits per heavy atom. The van der Waals surface area contributed by atoms with Crippen LogP contribution >= 0.6 is 0 Å². The first-order chi connectivity index (χ1) is 20.7. The van der Waals surface area contributed by atoms with E-state index in [-0.39, 0.29) is 11.5 Å². The topological polar surface area (TPSA) is 40.5 Å². The summed E-state index contributed by atoms with van der Waals surface area (Å²) in [6.45, 7) is 0. The summed E-state index contributed by atoms with van der Waals surface area (Å²) in [4.78, 5) is 0. The van der Waals surface area contributed by atoms with Crippen molar-refractivity contribution in [2.45, 2.75) is 0 Å². The maximum absolute atomic E-state index is 11.9. The van der Waals surface area contributed by atoms with Gasteiger partial charge in [0.25, 0.3) is 0 Å². The average molecular weight is 535 g/mol. The van der Waals surface area contributed by atoms with Gasteiger partial charge in [0.15, 0.2) is 0 Å². The zero-order chi connectivity index (χ0) is 27.7. The summed E-state index contributed by atoms with van der Waals surface area (Å²) in [5, 5.41) is 41.6. The molecule has 0 unspecified atom stereocenters. The average Bonchev–Trinajstić information content (AvgIpc) is 3.02.